The lowest BCUT2D eigenvalue weighted by Gasteiger charge is -2.21. The molecule has 76 valence electrons. The zero-order valence-electron chi connectivity index (χ0n) is 8.89. The highest BCUT2D eigenvalue weighted by molar-refractivity contribution is 8.16. The van der Waals surface area contributed by atoms with Gasteiger partial charge in [-0.3, -0.25) is 0 Å². The van der Waals surface area contributed by atoms with E-state index >= 15 is 0 Å². The molecule has 0 atom stereocenters. The van der Waals surface area contributed by atoms with Gasteiger partial charge in [0.25, 0.3) is 0 Å². The lowest BCUT2D eigenvalue weighted by atomic mass is 10.2. The van der Waals surface area contributed by atoms with Gasteiger partial charge in [0.15, 0.2) is 0 Å². The van der Waals surface area contributed by atoms with E-state index in [1.165, 1.54) is 5.56 Å². The Morgan fingerprint density at radius 3 is 2.71 bits per heavy atom. The van der Waals surface area contributed by atoms with Crippen LogP contribution in [-0.2, 0) is 11.3 Å². The third-order valence-corrected chi connectivity index (χ3v) is 4.25. The molecule has 0 aliphatic carbocycles. The Morgan fingerprint density at radius 2 is 2.00 bits per heavy atom. The monoisotopic (exact) mass is 227 g/mol. The van der Waals surface area contributed by atoms with Crippen LogP contribution in [0.1, 0.15) is 6.93 Å². The summed E-state index contributed by atoms with van der Waals surface area (Å²) >= 11 is 3.33. The number of ether oxygens (including phenoxy) is 1. The number of rotatable bonds is 3. The first kappa shape index (κ1) is 9.13. The first-order valence-corrected chi connectivity index (χ1v) is 6.75. The molecule has 0 amide bonds. The van der Waals surface area contributed by atoms with Crippen molar-refractivity contribution in [2.24, 2.45) is 0 Å². The fourth-order valence-corrected chi connectivity index (χ4v) is 3.29. The largest absolute Gasteiger partial charge is 0.372 e. The summed E-state index contributed by atoms with van der Waals surface area (Å²) in [7, 11) is 0. The summed E-state index contributed by atoms with van der Waals surface area (Å²) in [4.78, 5) is 0. The maximum absolute atomic E-state index is 7.53. The second-order valence-corrected chi connectivity index (χ2v) is 5.28. The predicted molar refractivity (Wildman–Crippen MR) is 64.8 cm³/mol. The molecule has 0 saturated carbocycles. The van der Waals surface area contributed by atoms with Gasteiger partial charge in [-0.05, 0) is 5.56 Å². The maximum atomic E-state index is 7.53. The summed E-state index contributed by atoms with van der Waals surface area (Å²) in [5.41, 5.74) is 1.22. The molecule has 1 aliphatic heterocycles. The van der Waals surface area contributed by atoms with Crippen LogP contribution >= 0.6 is 23.5 Å². The molecule has 0 aromatic heterocycles. The molecule has 0 N–H and O–H groups in total. The Hall–Kier alpha value is -0.120. The first-order valence-electron chi connectivity index (χ1n) is 5.23. The van der Waals surface area contributed by atoms with Gasteiger partial charge in [0.1, 0.15) is 0 Å². The minimum Gasteiger partial charge on any atom is -0.372 e. The van der Waals surface area contributed by atoms with E-state index in [0.717, 1.165) is 11.5 Å². The fourth-order valence-electron chi connectivity index (χ4n) is 1.27. The van der Waals surface area contributed by atoms with Gasteiger partial charge >= 0.3 is 0 Å². The topological polar surface area (TPSA) is 9.23 Å². The molecule has 1 aromatic rings. The van der Waals surface area contributed by atoms with Crippen molar-refractivity contribution in [2.75, 3.05) is 16.6 Å². The van der Waals surface area contributed by atoms with Gasteiger partial charge in [0, 0.05) is 17.9 Å². The molecule has 3 heteroatoms. The number of thioether (sulfide) groups is 2. The van der Waals surface area contributed by atoms with Crippen molar-refractivity contribution >= 4 is 23.5 Å². The SMILES string of the molecule is [2H]C1SCC(OCc2ccccc2)CS1. The fraction of sp³-hybridized carbons (Fsp3) is 0.455. The van der Waals surface area contributed by atoms with Crippen LogP contribution < -0.4 is 0 Å². The summed E-state index contributed by atoms with van der Waals surface area (Å²) in [5, 5.41) is -0.0124. The van der Waals surface area contributed by atoms with Gasteiger partial charge < -0.3 is 4.74 Å². The molecule has 0 spiro atoms. The minimum atomic E-state index is -0.0124. The first-order chi connectivity index (χ1) is 7.34. The molecular weight excluding hydrogens is 212 g/mol. The Morgan fingerprint density at radius 1 is 1.29 bits per heavy atom. The normalized spacial score (nSPS) is 28.4. The molecule has 1 aromatic carbocycles. The Balaban J connectivity index is 1.74. The Labute approximate surface area is 95.0 Å². The lowest BCUT2D eigenvalue weighted by Crippen LogP contribution is -2.22. The average molecular weight is 227 g/mol. The molecule has 0 radical (unpaired) electrons. The van der Waals surface area contributed by atoms with Crippen molar-refractivity contribution in [1.29, 1.82) is 0 Å². The van der Waals surface area contributed by atoms with E-state index in [9.17, 15) is 0 Å². The molecule has 2 rings (SSSR count). The number of benzene rings is 1. The van der Waals surface area contributed by atoms with E-state index < -0.39 is 0 Å². The van der Waals surface area contributed by atoms with Crippen molar-refractivity contribution in [2.45, 2.75) is 12.7 Å². The standard InChI is InChI=1S/C11H14OS2/c1-2-4-10(5-3-1)6-12-11-7-13-9-14-8-11/h1-5,11H,6-9H2/i9D. The van der Waals surface area contributed by atoms with E-state index in [1.807, 2.05) is 18.2 Å². The average Bonchev–Trinajstić information content (AvgIpc) is 2.30. The van der Waals surface area contributed by atoms with E-state index in [0.29, 0.717) is 12.7 Å². The minimum absolute atomic E-state index is 0.0124. The van der Waals surface area contributed by atoms with Crippen LogP contribution in [0.3, 0.4) is 0 Å². The van der Waals surface area contributed by atoms with Gasteiger partial charge in [-0.15, -0.1) is 23.5 Å². The molecule has 0 bridgehead atoms. The zero-order valence-corrected chi connectivity index (χ0v) is 9.52. The van der Waals surface area contributed by atoms with Crippen LogP contribution in [-0.4, -0.2) is 22.7 Å². The Kier molecular flexibility index (Phi) is 3.71. The maximum Gasteiger partial charge on any atom is 0.0760 e. The van der Waals surface area contributed by atoms with Gasteiger partial charge in [0.2, 0.25) is 0 Å². The second-order valence-electron chi connectivity index (χ2n) is 3.18. The highest BCUT2D eigenvalue weighted by atomic mass is 32.2. The van der Waals surface area contributed by atoms with Gasteiger partial charge in [0.05, 0.1) is 12.7 Å². The van der Waals surface area contributed by atoms with Gasteiger partial charge in [-0.25, -0.2) is 0 Å². The molecular formula is C11H14OS2. The van der Waals surface area contributed by atoms with Crippen LogP contribution in [0, 0.1) is 0 Å². The third kappa shape index (κ3) is 3.23. The van der Waals surface area contributed by atoms with Crippen LogP contribution in [0.25, 0.3) is 0 Å². The summed E-state index contributed by atoms with van der Waals surface area (Å²) in [6, 6.07) is 10.2. The van der Waals surface area contributed by atoms with Crippen molar-refractivity contribution in [3.63, 3.8) is 0 Å². The summed E-state index contributed by atoms with van der Waals surface area (Å²) in [6.45, 7) is 0.690. The van der Waals surface area contributed by atoms with Crippen molar-refractivity contribution in [3.8, 4) is 0 Å². The second kappa shape index (κ2) is 5.69. The van der Waals surface area contributed by atoms with Crippen LogP contribution in [0.4, 0.5) is 0 Å². The predicted octanol–water partition coefficient (Wildman–Crippen LogP) is 3.01. The zero-order chi connectivity index (χ0) is 10.5. The molecule has 14 heavy (non-hydrogen) atoms. The van der Waals surface area contributed by atoms with Gasteiger partial charge in [-0.2, -0.15) is 0 Å². The molecule has 1 fully saturated rings. The molecule has 1 aliphatic rings. The molecule has 1 nitrogen and oxygen atoms in total. The molecule has 1 heterocycles. The summed E-state index contributed by atoms with van der Waals surface area (Å²) in [6.07, 6.45) is 0.307. The van der Waals surface area contributed by atoms with Crippen molar-refractivity contribution < 1.29 is 6.11 Å². The summed E-state index contributed by atoms with van der Waals surface area (Å²) in [5.74, 6) is 1.90. The van der Waals surface area contributed by atoms with E-state index in [1.54, 1.807) is 23.5 Å². The third-order valence-electron chi connectivity index (χ3n) is 2.03. The summed E-state index contributed by atoms with van der Waals surface area (Å²) < 4.78 is 13.3. The quantitative estimate of drug-likeness (QED) is 0.785. The van der Waals surface area contributed by atoms with E-state index in [-0.39, 0.29) is 5.06 Å². The van der Waals surface area contributed by atoms with Crippen LogP contribution in [0.15, 0.2) is 30.3 Å². The smallest absolute Gasteiger partial charge is 0.0760 e. The van der Waals surface area contributed by atoms with Crippen molar-refractivity contribution in [3.05, 3.63) is 35.9 Å². The van der Waals surface area contributed by atoms with E-state index in [2.05, 4.69) is 12.1 Å². The number of hydrogen-bond acceptors (Lipinski definition) is 3. The van der Waals surface area contributed by atoms with Crippen LogP contribution in [0.2, 0.25) is 0 Å². The molecule has 1 saturated heterocycles. The van der Waals surface area contributed by atoms with Gasteiger partial charge in [-0.1, -0.05) is 30.3 Å². The van der Waals surface area contributed by atoms with E-state index in [4.69, 9.17) is 6.11 Å². The lowest BCUT2D eigenvalue weighted by molar-refractivity contribution is 0.0715. The highest BCUT2D eigenvalue weighted by Crippen LogP contribution is 2.23. The Bertz CT molecular complexity index is 286. The highest BCUT2D eigenvalue weighted by Gasteiger charge is 2.13. The van der Waals surface area contributed by atoms with Crippen molar-refractivity contribution in [1.82, 2.24) is 0 Å². The number of hydrogen-bond donors (Lipinski definition) is 0. The molecule has 0 unspecified atom stereocenters. The van der Waals surface area contributed by atoms with Crippen LogP contribution in [0.5, 0.6) is 0 Å².